The van der Waals surface area contributed by atoms with Crippen molar-refractivity contribution in [1.82, 2.24) is 0 Å². The van der Waals surface area contributed by atoms with E-state index in [2.05, 4.69) is 4.74 Å². The number of rotatable bonds is 3. The number of Topliss-reactive ketones (excluding diaryl/α,β-unsaturated/α-hetero) is 1. The third-order valence-electron chi connectivity index (χ3n) is 3.76. The lowest BCUT2D eigenvalue weighted by atomic mass is 9.86. The smallest absolute Gasteiger partial charge is 0.337 e. The second kappa shape index (κ2) is 4.77. The Morgan fingerprint density at radius 1 is 1.32 bits per heavy atom. The number of hydrogen-bond donors (Lipinski definition) is 0. The van der Waals surface area contributed by atoms with Crippen molar-refractivity contribution in [3.63, 3.8) is 0 Å². The molecular weight excluding hydrogens is 252 g/mol. The number of ketones is 1. The largest absolute Gasteiger partial charge is 0.466 e. The van der Waals surface area contributed by atoms with Gasteiger partial charge in [0.1, 0.15) is 11.7 Å². The molecule has 0 aromatic carbocycles. The molecule has 2 heterocycles. The van der Waals surface area contributed by atoms with E-state index < -0.39 is 23.6 Å². The van der Waals surface area contributed by atoms with Crippen LogP contribution >= 0.6 is 0 Å². The Labute approximate surface area is 110 Å². The molecule has 2 atom stereocenters. The number of carbonyl (C=O) groups is 3. The lowest BCUT2D eigenvalue weighted by Gasteiger charge is -2.33. The zero-order valence-electron chi connectivity index (χ0n) is 11.1. The molecule has 0 N–H and O–H groups in total. The lowest BCUT2D eigenvalue weighted by Crippen LogP contribution is -2.41. The van der Waals surface area contributed by atoms with E-state index in [1.165, 1.54) is 14.2 Å². The molecule has 2 aliphatic rings. The molecule has 0 spiro atoms. The molecule has 0 aromatic heterocycles. The number of fused-ring (bicyclic) bond motifs is 2. The monoisotopic (exact) mass is 268 g/mol. The van der Waals surface area contributed by atoms with Crippen molar-refractivity contribution in [2.24, 2.45) is 0 Å². The van der Waals surface area contributed by atoms with Gasteiger partial charge in [0.2, 0.25) is 0 Å². The van der Waals surface area contributed by atoms with Crippen LogP contribution in [0, 0.1) is 0 Å². The summed E-state index contributed by atoms with van der Waals surface area (Å²) in [7, 11) is 2.44. The fraction of sp³-hybridized carbons (Fsp3) is 0.615. The minimum absolute atomic E-state index is 0.00120. The van der Waals surface area contributed by atoms with Crippen LogP contribution in [-0.2, 0) is 28.6 Å². The van der Waals surface area contributed by atoms with Crippen LogP contribution in [0.25, 0.3) is 0 Å². The molecule has 104 valence electrons. The van der Waals surface area contributed by atoms with Crippen molar-refractivity contribution in [2.75, 3.05) is 14.2 Å². The molecule has 1 saturated heterocycles. The third-order valence-corrected chi connectivity index (χ3v) is 3.76. The molecular formula is C13H16O6. The average molecular weight is 268 g/mol. The van der Waals surface area contributed by atoms with Gasteiger partial charge in [0.15, 0.2) is 5.78 Å². The fourth-order valence-corrected chi connectivity index (χ4v) is 2.74. The van der Waals surface area contributed by atoms with Crippen LogP contribution < -0.4 is 0 Å². The van der Waals surface area contributed by atoms with Gasteiger partial charge >= 0.3 is 11.9 Å². The minimum Gasteiger partial charge on any atom is -0.466 e. The maximum Gasteiger partial charge on any atom is 0.337 e. The summed E-state index contributed by atoms with van der Waals surface area (Å²) in [6.45, 7) is 1.84. The first-order valence-electron chi connectivity index (χ1n) is 6.12. The first-order valence-corrected chi connectivity index (χ1v) is 6.12. The summed E-state index contributed by atoms with van der Waals surface area (Å²) in [6.07, 6.45) is 0.139. The molecule has 6 nitrogen and oxygen atoms in total. The zero-order valence-corrected chi connectivity index (χ0v) is 11.1. The predicted octanol–water partition coefficient (Wildman–Crippen LogP) is 0.539. The summed E-state index contributed by atoms with van der Waals surface area (Å²) in [5.41, 5.74) is -0.770. The van der Waals surface area contributed by atoms with Gasteiger partial charge in [0.25, 0.3) is 0 Å². The molecule has 0 amide bonds. The molecule has 0 aliphatic carbocycles. The third kappa shape index (κ3) is 1.87. The van der Waals surface area contributed by atoms with E-state index in [0.29, 0.717) is 12.8 Å². The van der Waals surface area contributed by atoms with Crippen LogP contribution in [0.4, 0.5) is 0 Å². The van der Waals surface area contributed by atoms with Crippen molar-refractivity contribution in [1.29, 1.82) is 0 Å². The van der Waals surface area contributed by atoms with Gasteiger partial charge in [0, 0.05) is 6.42 Å². The highest BCUT2D eigenvalue weighted by molar-refractivity contribution is 6.09. The summed E-state index contributed by atoms with van der Waals surface area (Å²) in [4.78, 5) is 35.7. The Bertz CT molecular complexity index is 478. The van der Waals surface area contributed by atoms with E-state index in [-0.39, 0.29) is 23.4 Å². The number of hydrogen-bond acceptors (Lipinski definition) is 6. The fourth-order valence-electron chi connectivity index (χ4n) is 2.74. The highest BCUT2D eigenvalue weighted by Crippen LogP contribution is 2.46. The first-order chi connectivity index (χ1) is 9.00. The summed E-state index contributed by atoms with van der Waals surface area (Å²) < 4.78 is 15.1. The van der Waals surface area contributed by atoms with Crippen LogP contribution in [0.15, 0.2) is 11.1 Å². The highest BCUT2D eigenvalue weighted by atomic mass is 16.6. The first kappa shape index (κ1) is 13.7. The van der Waals surface area contributed by atoms with Gasteiger partial charge in [-0.2, -0.15) is 0 Å². The number of methoxy groups -OCH3 is 2. The zero-order chi connectivity index (χ0) is 14.2. The van der Waals surface area contributed by atoms with E-state index in [9.17, 15) is 14.4 Å². The normalized spacial score (nSPS) is 29.4. The van der Waals surface area contributed by atoms with Gasteiger partial charge in [-0.1, -0.05) is 6.92 Å². The van der Waals surface area contributed by atoms with Gasteiger partial charge in [-0.3, -0.25) is 4.79 Å². The Hall–Kier alpha value is -1.69. The van der Waals surface area contributed by atoms with Gasteiger partial charge < -0.3 is 14.2 Å². The number of ether oxygens (including phenoxy) is 3. The van der Waals surface area contributed by atoms with Crippen LogP contribution in [0.5, 0.6) is 0 Å². The van der Waals surface area contributed by atoms with E-state index in [1.54, 1.807) is 0 Å². The maximum atomic E-state index is 12.0. The van der Waals surface area contributed by atoms with Crippen molar-refractivity contribution in [3.8, 4) is 0 Å². The number of esters is 2. The Kier molecular flexibility index (Phi) is 3.45. The topological polar surface area (TPSA) is 78.9 Å². The van der Waals surface area contributed by atoms with Gasteiger partial charge in [-0.15, -0.1) is 0 Å². The van der Waals surface area contributed by atoms with E-state index in [0.717, 1.165) is 0 Å². The SMILES string of the molecule is CCC12CCC(=O)C(O1)C(C(=O)OC)=C2C(=O)OC. The second-order valence-electron chi connectivity index (χ2n) is 4.58. The summed E-state index contributed by atoms with van der Waals surface area (Å²) in [5, 5.41) is 0. The van der Waals surface area contributed by atoms with E-state index >= 15 is 0 Å². The molecule has 2 aliphatic heterocycles. The molecule has 6 heteroatoms. The summed E-state index contributed by atoms with van der Waals surface area (Å²) in [6, 6.07) is 0. The van der Waals surface area contributed by atoms with Crippen LogP contribution in [0.2, 0.25) is 0 Å². The van der Waals surface area contributed by atoms with Gasteiger partial charge in [-0.25, -0.2) is 9.59 Å². The molecule has 1 fully saturated rings. The van der Waals surface area contributed by atoms with Crippen molar-refractivity contribution in [2.45, 2.75) is 37.9 Å². The molecule has 0 saturated carbocycles. The summed E-state index contributed by atoms with van der Waals surface area (Å²) >= 11 is 0. The van der Waals surface area contributed by atoms with Crippen molar-refractivity contribution >= 4 is 17.7 Å². The molecule has 19 heavy (non-hydrogen) atoms. The Morgan fingerprint density at radius 2 is 1.95 bits per heavy atom. The van der Waals surface area contributed by atoms with Crippen LogP contribution in [0.1, 0.15) is 26.2 Å². The van der Waals surface area contributed by atoms with Crippen molar-refractivity contribution < 1.29 is 28.6 Å². The van der Waals surface area contributed by atoms with Gasteiger partial charge in [0.05, 0.1) is 25.4 Å². The Morgan fingerprint density at radius 3 is 2.47 bits per heavy atom. The average Bonchev–Trinajstić information content (AvgIpc) is 2.73. The van der Waals surface area contributed by atoms with E-state index in [4.69, 9.17) is 9.47 Å². The highest BCUT2D eigenvalue weighted by Gasteiger charge is 2.56. The summed E-state index contributed by atoms with van der Waals surface area (Å²) in [5.74, 6) is -1.56. The van der Waals surface area contributed by atoms with Crippen LogP contribution in [-0.4, -0.2) is 43.6 Å². The molecule has 0 aromatic rings. The quantitative estimate of drug-likeness (QED) is 0.695. The molecule has 2 unspecified atom stereocenters. The van der Waals surface area contributed by atoms with E-state index in [1.807, 2.05) is 6.92 Å². The second-order valence-corrected chi connectivity index (χ2v) is 4.58. The van der Waals surface area contributed by atoms with Gasteiger partial charge in [-0.05, 0) is 12.8 Å². The van der Waals surface area contributed by atoms with Crippen molar-refractivity contribution in [3.05, 3.63) is 11.1 Å². The molecule has 2 bridgehead atoms. The Balaban J connectivity index is 2.62. The maximum absolute atomic E-state index is 12.0. The molecule has 2 rings (SSSR count). The standard InChI is InChI=1S/C13H16O6/c1-4-13-6-5-7(14)10(19-13)8(11(15)17-2)9(13)12(16)18-3/h10H,4-6H2,1-3H3. The van der Waals surface area contributed by atoms with Crippen LogP contribution in [0.3, 0.4) is 0 Å². The predicted molar refractivity (Wildman–Crippen MR) is 63.2 cm³/mol. The molecule has 0 radical (unpaired) electrons. The number of carbonyl (C=O) groups excluding carboxylic acids is 3. The lowest BCUT2D eigenvalue weighted by molar-refractivity contribution is -0.151. The minimum atomic E-state index is -1.00.